The van der Waals surface area contributed by atoms with Crippen molar-refractivity contribution in [2.45, 2.75) is 38.3 Å². The standard InChI is InChI=1S/C15H23BrN2O/c1-17-10-12-6-7-13(9-15(12)16)18-8-4-2-3-5-14(18)11-19/h6-7,9,14,17,19H,2-5,8,10-11H2,1H3. The van der Waals surface area contributed by atoms with Crippen LogP contribution in [0.4, 0.5) is 5.69 Å². The van der Waals surface area contributed by atoms with E-state index in [0.29, 0.717) is 0 Å². The average molecular weight is 327 g/mol. The van der Waals surface area contributed by atoms with Crippen LogP contribution in [0.15, 0.2) is 22.7 Å². The van der Waals surface area contributed by atoms with E-state index in [-0.39, 0.29) is 12.6 Å². The highest BCUT2D eigenvalue weighted by Crippen LogP contribution is 2.28. The summed E-state index contributed by atoms with van der Waals surface area (Å²) in [5, 5.41) is 12.8. The van der Waals surface area contributed by atoms with E-state index in [2.05, 4.69) is 44.3 Å². The average Bonchev–Trinajstić information content (AvgIpc) is 2.66. The summed E-state index contributed by atoms with van der Waals surface area (Å²) >= 11 is 3.65. The fourth-order valence-electron chi connectivity index (χ4n) is 2.76. The Hall–Kier alpha value is -0.580. The van der Waals surface area contributed by atoms with Crippen LogP contribution in [0.1, 0.15) is 31.2 Å². The lowest BCUT2D eigenvalue weighted by Gasteiger charge is -2.31. The smallest absolute Gasteiger partial charge is 0.0635 e. The van der Waals surface area contributed by atoms with Crippen LogP contribution in [-0.4, -0.2) is 31.3 Å². The number of benzene rings is 1. The minimum absolute atomic E-state index is 0.246. The van der Waals surface area contributed by atoms with Crippen molar-refractivity contribution in [3.05, 3.63) is 28.2 Å². The molecule has 2 rings (SSSR count). The molecule has 1 heterocycles. The Kier molecular flexibility index (Phi) is 5.67. The Balaban J connectivity index is 2.21. The number of hydrogen-bond donors (Lipinski definition) is 2. The van der Waals surface area contributed by atoms with Gasteiger partial charge in [-0.25, -0.2) is 0 Å². The highest BCUT2D eigenvalue weighted by atomic mass is 79.9. The van der Waals surface area contributed by atoms with Gasteiger partial charge < -0.3 is 15.3 Å². The van der Waals surface area contributed by atoms with Gasteiger partial charge in [0.15, 0.2) is 0 Å². The molecule has 0 saturated carbocycles. The van der Waals surface area contributed by atoms with Gasteiger partial charge in [0.05, 0.1) is 12.6 Å². The van der Waals surface area contributed by atoms with Crippen LogP contribution in [0.25, 0.3) is 0 Å². The molecule has 106 valence electrons. The summed E-state index contributed by atoms with van der Waals surface area (Å²) in [6.07, 6.45) is 4.80. The molecule has 0 bridgehead atoms. The summed E-state index contributed by atoms with van der Waals surface area (Å²) in [7, 11) is 1.96. The van der Waals surface area contributed by atoms with Gasteiger partial charge >= 0.3 is 0 Å². The van der Waals surface area contributed by atoms with Crippen molar-refractivity contribution < 1.29 is 5.11 Å². The molecule has 1 aromatic rings. The Morgan fingerprint density at radius 2 is 2.21 bits per heavy atom. The van der Waals surface area contributed by atoms with Crippen molar-refractivity contribution in [1.29, 1.82) is 0 Å². The first-order valence-corrected chi connectivity index (χ1v) is 7.86. The van der Waals surface area contributed by atoms with Crippen molar-refractivity contribution in [1.82, 2.24) is 5.32 Å². The van der Waals surface area contributed by atoms with E-state index in [4.69, 9.17) is 0 Å². The summed E-state index contributed by atoms with van der Waals surface area (Å²) < 4.78 is 1.14. The molecule has 0 aliphatic carbocycles. The molecule has 4 heteroatoms. The Morgan fingerprint density at radius 1 is 1.37 bits per heavy atom. The van der Waals surface area contributed by atoms with Crippen molar-refractivity contribution in [3.8, 4) is 0 Å². The molecule has 0 amide bonds. The summed E-state index contributed by atoms with van der Waals surface area (Å²) in [4.78, 5) is 2.36. The molecule has 0 aromatic heterocycles. The number of halogens is 1. The van der Waals surface area contributed by atoms with Gasteiger partial charge in [-0.1, -0.05) is 34.8 Å². The second kappa shape index (κ2) is 7.27. The van der Waals surface area contributed by atoms with Gasteiger partial charge in [0, 0.05) is 23.2 Å². The topological polar surface area (TPSA) is 35.5 Å². The SMILES string of the molecule is CNCc1ccc(N2CCCCCC2CO)cc1Br. The van der Waals surface area contributed by atoms with Crippen LogP contribution < -0.4 is 10.2 Å². The van der Waals surface area contributed by atoms with Crippen molar-refractivity contribution >= 4 is 21.6 Å². The molecule has 1 aliphatic heterocycles. The minimum atomic E-state index is 0.246. The van der Waals surface area contributed by atoms with E-state index >= 15 is 0 Å². The molecular formula is C15H23BrN2O. The van der Waals surface area contributed by atoms with Gasteiger partial charge in [-0.3, -0.25) is 0 Å². The largest absolute Gasteiger partial charge is 0.394 e. The van der Waals surface area contributed by atoms with Crippen molar-refractivity contribution in [3.63, 3.8) is 0 Å². The normalized spacial score (nSPS) is 20.4. The van der Waals surface area contributed by atoms with Gasteiger partial charge in [-0.15, -0.1) is 0 Å². The van der Waals surface area contributed by atoms with E-state index in [9.17, 15) is 5.11 Å². The molecular weight excluding hydrogens is 304 g/mol. The zero-order valence-electron chi connectivity index (χ0n) is 11.5. The summed E-state index contributed by atoms with van der Waals surface area (Å²) in [6, 6.07) is 6.78. The Labute approximate surface area is 124 Å². The first-order valence-electron chi connectivity index (χ1n) is 7.06. The fraction of sp³-hybridized carbons (Fsp3) is 0.600. The predicted molar refractivity (Wildman–Crippen MR) is 83.6 cm³/mol. The maximum atomic E-state index is 9.59. The Bertz CT molecular complexity index is 411. The molecule has 0 spiro atoms. The molecule has 1 aromatic carbocycles. The summed E-state index contributed by atoms with van der Waals surface area (Å²) in [5.74, 6) is 0. The van der Waals surface area contributed by atoms with Crippen LogP contribution in [0.3, 0.4) is 0 Å². The number of hydrogen-bond acceptors (Lipinski definition) is 3. The van der Waals surface area contributed by atoms with E-state index in [1.54, 1.807) is 0 Å². The maximum absolute atomic E-state index is 9.59. The van der Waals surface area contributed by atoms with Gasteiger partial charge in [0.25, 0.3) is 0 Å². The number of nitrogens with zero attached hydrogens (tertiary/aromatic N) is 1. The third-order valence-electron chi connectivity index (χ3n) is 3.82. The number of nitrogens with one attached hydrogen (secondary N) is 1. The molecule has 1 aliphatic rings. The summed E-state index contributed by atoms with van der Waals surface area (Å²) in [6.45, 7) is 2.16. The second-order valence-corrected chi connectivity index (χ2v) is 6.04. The van der Waals surface area contributed by atoms with Gasteiger partial charge in [-0.2, -0.15) is 0 Å². The number of aliphatic hydroxyl groups excluding tert-OH is 1. The van der Waals surface area contributed by atoms with Crippen LogP contribution in [0.5, 0.6) is 0 Å². The van der Waals surface area contributed by atoms with E-state index in [1.807, 2.05) is 7.05 Å². The van der Waals surface area contributed by atoms with Crippen molar-refractivity contribution in [2.24, 2.45) is 0 Å². The molecule has 1 fully saturated rings. The molecule has 3 nitrogen and oxygen atoms in total. The fourth-order valence-corrected chi connectivity index (χ4v) is 3.26. The quantitative estimate of drug-likeness (QED) is 0.893. The van der Waals surface area contributed by atoms with Crippen LogP contribution in [-0.2, 0) is 6.54 Å². The molecule has 2 N–H and O–H groups in total. The lowest BCUT2D eigenvalue weighted by Crippen LogP contribution is -2.37. The second-order valence-electron chi connectivity index (χ2n) is 5.19. The highest BCUT2D eigenvalue weighted by Gasteiger charge is 2.20. The number of rotatable bonds is 4. The van der Waals surface area contributed by atoms with Gasteiger partial charge in [0.1, 0.15) is 0 Å². The van der Waals surface area contributed by atoms with E-state index in [0.717, 1.165) is 24.0 Å². The van der Waals surface area contributed by atoms with Crippen LogP contribution in [0, 0.1) is 0 Å². The molecule has 1 atom stereocenters. The van der Waals surface area contributed by atoms with Crippen molar-refractivity contribution in [2.75, 3.05) is 25.1 Å². The highest BCUT2D eigenvalue weighted by molar-refractivity contribution is 9.10. The third-order valence-corrected chi connectivity index (χ3v) is 4.56. The van der Waals surface area contributed by atoms with Crippen LogP contribution in [0.2, 0.25) is 0 Å². The first-order chi connectivity index (χ1) is 9.26. The van der Waals surface area contributed by atoms with Gasteiger partial charge in [-0.05, 0) is 37.6 Å². The van der Waals surface area contributed by atoms with Gasteiger partial charge in [0.2, 0.25) is 0 Å². The monoisotopic (exact) mass is 326 g/mol. The lowest BCUT2D eigenvalue weighted by atomic mass is 10.1. The Morgan fingerprint density at radius 3 is 2.89 bits per heavy atom. The number of anilines is 1. The van der Waals surface area contributed by atoms with Crippen LogP contribution >= 0.6 is 15.9 Å². The molecule has 1 saturated heterocycles. The lowest BCUT2D eigenvalue weighted by molar-refractivity contribution is 0.255. The zero-order valence-corrected chi connectivity index (χ0v) is 13.1. The molecule has 1 unspecified atom stereocenters. The summed E-state index contributed by atoms with van der Waals surface area (Å²) in [5.41, 5.74) is 2.48. The molecule has 0 radical (unpaired) electrons. The van der Waals surface area contributed by atoms with E-state index < -0.39 is 0 Å². The van der Waals surface area contributed by atoms with E-state index in [1.165, 1.54) is 30.5 Å². The minimum Gasteiger partial charge on any atom is -0.394 e. The third kappa shape index (κ3) is 3.71. The predicted octanol–water partition coefficient (Wildman–Crippen LogP) is 2.91. The molecule has 19 heavy (non-hydrogen) atoms. The first kappa shape index (κ1) is 14.8. The maximum Gasteiger partial charge on any atom is 0.0635 e. The zero-order chi connectivity index (χ0) is 13.7. The number of aliphatic hydroxyl groups is 1.